The van der Waals surface area contributed by atoms with Gasteiger partial charge in [0.05, 0.1) is 32.6 Å². The number of esters is 1. The molecule has 0 bridgehead atoms. The van der Waals surface area contributed by atoms with E-state index in [0.717, 1.165) is 0 Å². The fraction of sp³-hybridized carbons (Fsp3) is 0.300. The number of nitrogens with one attached hydrogen (secondary N) is 1. The van der Waals surface area contributed by atoms with E-state index in [2.05, 4.69) is 5.32 Å². The average molecular weight is 373 g/mol. The lowest BCUT2D eigenvalue weighted by Gasteiger charge is -2.19. The fourth-order valence-electron chi connectivity index (χ4n) is 2.46. The second-order valence-corrected chi connectivity index (χ2v) is 5.56. The highest BCUT2D eigenvalue weighted by Gasteiger charge is 2.23. The molecule has 0 heterocycles. The number of benzene rings is 2. The average Bonchev–Trinajstić information content (AvgIpc) is 2.71. The van der Waals surface area contributed by atoms with E-state index in [9.17, 15) is 9.59 Å². The van der Waals surface area contributed by atoms with Crippen molar-refractivity contribution in [1.82, 2.24) is 0 Å². The maximum absolute atomic E-state index is 12.7. The quantitative estimate of drug-likeness (QED) is 0.715. The number of carbonyl (C=O) groups is 2. The van der Waals surface area contributed by atoms with Crippen LogP contribution in [0.2, 0.25) is 0 Å². The molecule has 1 unspecified atom stereocenters. The van der Waals surface area contributed by atoms with Gasteiger partial charge in [0.15, 0.2) is 17.6 Å². The van der Waals surface area contributed by atoms with Gasteiger partial charge in [0.25, 0.3) is 5.91 Å². The Bertz CT molecular complexity index is 791. The number of ether oxygens (including phenoxy) is 4. The largest absolute Gasteiger partial charge is 0.493 e. The highest BCUT2D eigenvalue weighted by atomic mass is 16.5. The SMILES string of the molecule is CCC(Oc1ccccc1)C(=O)Nc1cc(OC)c(OC)cc1C(=O)OC. The van der Waals surface area contributed by atoms with Gasteiger partial charge in [-0.3, -0.25) is 4.79 Å². The third kappa shape index (κ3) is 4.91. The van der Waals surface area contributed by atoms with Crippen molar-refractivity contribution in [3.05, 3.63) is 48.0 Å². The molecule has 2 rings (SSSR count). The Labute approximate surface area is 158 Å². The minimum Gasteiger partial charge on any atom is -0.493 e. The van der Waals surface area contributed by atoms with Crippen molar-refractivity contribution in [2.45, 2.75) is 19.4 Å². The topological polar surface area (TPSA) is 83.1 Å². The van der Waals surface area contributed by atoms with E-state index in [1.165, 1.54) is 33.5 Å². The van der Waals surface area contributed by atoms with Gasteiger partial charge >= 0.3 is 5.97 Å². The van der Waals surface area contributed by atoms with Crippen LogP contribution in [0.1, 0.15) is 23.7 Å². The summed E-state index contributed by atoms with van der Waals surface area (Å²) < 4.78 is 21.0. The molecule has 1 atom stereocenters. The molecular weight excluding hydrogens is 350 g/mol. The van der Waals surface area contributed by atoms with Crippen molar-refractivity contribution in [3.8, 4) is 17.2 Å². The Balaban J connectivity index is 2.30. The van der Waals surface area contributed by atoms with E-state index in [4.69, 9.17) is 18.9 Å². The van der Waals surface area contributed by atoms with Gasteiger partial charge in [0.2, 0.25) is 0 Å². The van der Waals surface area contributed by atoms with Crippen LogP contribution in [0.5, 0.6) is 17.2 Å². The van der Waals surface area contributed by atoms with Crippen molar-refractivity contribution in [1.29, 1.82) is 0 Å². The first-order valence-electron chi connectivity index (χ1n) is 8.40. The third-order valence-electron chi connectivity index (χ3n) is 3.87. The molecule has 144 valence electrons. The Hall–Kier alpha value is -3.22. The number of methoxy groups -OCH3 is 3. The number of hydrogen-bond donors (Lipinski definition) is 1. The molecule has 1 amide bonds. The van der Waals surface area contributed by atoms with Gasteiger partial charge in [-0.1, -0.05) is 25.1 Å². The minimum absolute atomic E-state index is 0.151. The van der Waals surface area contributed by atoms with Crippen LogP contribution in [-0.4, -0.2) is 39.3 Å². The van der Waals surface area contributed by atoms with Crippen molar-refractivity contribution in [2.24, 2.45) is 0 Å². The van der Waals surface area contributed by atoms with Crippen LogP contribution in [0.3, 0.4) is 0 Å². The molecule has 2 aromatic rings. The molecule has 7 heteroatoms. The molecule has 27 heavy (non-hydrogen) atoms. The van der Waals surface area contributed by atoms with Crippen LogP contribution in [0.15, 0.2) is 42.5 Å². The molecule has 0 fully saturated rings. The van der Waals surface area contributed by atoms with Crippen LogP contribution >= 0.6 is 0 Å². The van der Waals surface area contributed by atoms with Crippen LogP contribution in [0.4, 0.5) is 5.69 Å². The van der Waals surface area contributed by atoms with Crippen molar-refractivity contribution >= 4 is 17.6 Å². The lowest BCUT2D eigenvalue weighted by molar-refractivity contribution is -0.122. The highest BCUT2D eigenvalue weighted by molar-refractivity contribution is 6.03. The lowest BCUT2D eigenvalue weighted by Crippen LogP contribution is -2.33. The zero-order valence-corrected chi connectivity index (χ0v) is 15.8. The number of para-hydroxylation sites is 1. The number of rotatable bonds is 8. The monoisotopic (exact) mass is 373 g/mol. The summed E-state index contributed by atoms with van der Waals surface area (Å²) in [7, 11) is 4.19. The molecule has 0 aromatic heterocycles. The van der Waals surface area contributed by atoms with Gasteiger partial charge in [-0.2, -0.15) is 0 Å². The molecule has 1 N–H and O–H groups in total. The van der Waals surface area contributed by atoms with Gasteiger partial charge in [0, 0.05) is 12.1 Å². The zero-order valence-electron chi connectivity index (χ0n) is 15.8. The smallest absolute Gasteiger partial charge is 0.340 e. The molecule has 0 saturated heterocycles. The summed E-state index contributed by atoms with van der Waals surface area (Å²) in [5.74, 6) is 0.308. The van der Waals surface area contributed by atoms with E-state index >= 15 is 0 Å². The molecular formula is C20H23NO6. The molecule has 7 nitrogen and oxygen atoms in total. The first kappa shape index (κ1) is 20.1. The molecule has 0 aliphatic heterocycles. The zero-order chi connectivity index (χ0) is 19.8. The van der Waals surface area contributed by atoms with Crippen LogP contribution in [0.25, 0.3) is 0 Å². The first-order chi connectivity index (χ1) is 13.0. The summed E-state index contributed by atoms with van der Waals surface area (Å²) in [6, 6.07) is 12.0. The number of amides is 1. The van der Waals surface area contributed by atoms with E-state index < -0.39 is 18.0 Å². The van der Waals surface area contributed by atoms with Gasteiger partial charge in [-0.25, -0.2) is 4.79 Å². The van der Waals surface area contributed by atoms with Gasteiger partial charge in [-0.15, -0.1) is 0 Å². The number of hydrogen-bond acceptors (Lipinski definition) is 6. The van der Waals surface area contributed by atoms with Crippen LogP contribution < -0.4 is 19.5 Å². The molecule has 0 aliphatic rings. The number of carbonyl (C=O) groups excluding carboxylic acids is 2. The van der Waals surface area contributed by atoms with E-state index in [-0.39, 0.29) is 11.3 Å². The number of anilines is 1. The van der Waals surface area contributed by atoms with Crippen molar-refractivity contribution < 1.29 is 28.5 Å². The Morgan fingerprint density at radius 2 is 1.63 bits per heavy atom. The standard InChI is InChI=1S/C20H23NO6/c1-5-16(27-13-9-7-6-8-10-13)19(22)21-15-12-18(25-3)17(24-2)11-14(15)20(23)26-4/h6-12,16H,5H2,1-4H3,(H,21,22). The summed E-state index contributed by atoms with van der Waals surface area (Å²) in [5.41, 5.74) is 0.401. The molecule has 2 aromatic carbocycles. The van der Waals surface area contributed by atoms with Crippen molar-refractivity contribution in [2.75, 3.05) is 26.6 Å². The predicted octanol–water partition coefficient (Wildman–Crippen LogP) is 3.29. The van der Waals surface area contributed by atoms with Crippen LogP contribution in [0, 0.1) is 0 Å². The molecule has 0 aliphatic carbocycles. The van der Waals surface area contributed by atoms with Crippen LogP contribution in [-0.2, 0) is 9.53 Å². The fourth-order valence-corrected chi connectivity index (χ4v) is 2.46. The third-order valence-corrected chi connectivity index (χ3v) is 3.87. The lowest BCUT2D eigenvalue weighted by atomic mass is 10.1. The maximum atomic E-state index is 12.7. The van der Waals surface area contributed by atoms with Crippen molar-refractivity contribution in [3.63, 3.8) is 0 Å². The second-order valence-electron chi connectivity index (χ2n) is 5.56. The summed E-state index contributed by atoms with van der Waals surface area (Å²) >= 11 is 0. The summed E-state index contributed by atoms with van der Waals surface area (Å²) in [5, 5.41) is 2.72. The predicted molar refractivity (Wildman–Crippen MR) is 101 cm³/mol. The Morgan fingerprint density at radius 3 is 2.19 bits per heavy atom. The van der Waals surface area contributed by atoms with Gasteiger partial charge in [-0.05, 0) is 18.6 Å². The van der Waals surface area contributed by atoms with Gasteiger partial charge < -0.3 is 24.3 Å². The van der Waals surface area contributed by atoms with Gasteiger partial charge in [0.1, 0.15) is 5.75 Å². The highest BCUT2D eigenvalue weighted by Crippen LogP contribution is 2.34. The maximum Gasteiger partial charge on any atom is 0.340 e. The Morgan fingerprint density at radius 1 is 1.00 bits per heavy atom. The Kier molecular flexibility index (Phi) is 7.05. The first-order valence-corrected chi connectivity index (χ1v) is 8.40. The second kappa shape index (κ2) is 9.47. The summed E-state index contributed by atoms with van der Waals surface area (Å²) in [6.45, 7) is 1.84. The molecule has 0 spiro atoms. The minimum atomic E-state index is -0.731. The normalized spacial score (nSPS) is 11.3. The molecule has 0 saturated carbocycles. The molecule has 0 radical (unpaired) electrons. The van der Waals surface area contributed by atoms with E-state index in [0.29, 0.717) is 23.7 Å². The van der Waals surface area contributed by atoms with E-state index in [1.807, 2.05) is 25.1 Å². The van der Waals surface area contributed by atoms with E-state index in [1.54, 1.807) is 12.1 Å². The summed E-state index contributed by atoms with van der Waals surface area (Å²) in [6.07, 6.45) is -0.285. The summed E-state index contributed by atoms with van der Waals surface area (Å²) in [4.78, 5) is 24.8.